The molecule has 1 aromatic rings. The molecule has 1 rings (SSSR count). The van der Waals surface area contributed by atoms with Gasteiger partial charge >= 0.3 is 6.18 Å². The number of ether oxygens (including phenoxy) is 1. The monoisotopic (exact) mass is 230 g/mol. The lowest BCUT2D eigenvalue weighted by Crippen LogP contribution is -2.13. The van der Waals surface area contributed by atoms with Crippen molar-refractivity contribution in [2.75, 3.05) is 0 Å². The highest BCUT2D eigenvalue weighted by Gasteiger charge is 2.33. The highest BCUT2D eigenvalue weighted by atomic mass is 19.4. The van der Waals surface area contributed by atoms with E-state index in [-0.39, 0.29) is 17.5 Å². The van der Waals surface area contributed by atoms with Gasteiger partial charge in [-0.1, -0.05) is 0 Å². The average molecular weight is 230 g/mol. The predicted octanol–water partition coefficient (Wildman–Crippen LogP) is 2.76. The summed E-state index contributed by atoms with van der Waals surface area (Å²) in [5.41, 5.74) is -1.08. The van der Waals surface area contributed by atoms with Crippen LogP contribution in [0.15, 0.2) is 12.1 Å². The molecule has 0 saturated heterocycles. The third-order valence-electron chi connectivity index (χ3n) is 1.62. The molecule has 1 aromatic heterocycles. The molecule has 0 bridgehead atoms. The van der Waals surface area contributed by atoms with Crippen molar-refractivity contribution >= 4 is 0 Å². The first kappa shape index (κ1) is 12.3. The largest absolute Gasteiger partial charge is 0.474 e. The van der Waals surface area contributed by atoms with Gasteiger partial charge in [-0.3, -0.25) is 0 Å². The Hall–Kier alpha value is -1.77. The summed E-state index contributed by atoms with van der Waals surface area (Å²) in [5, 5.41) is 8.67. The lowest BCUT2D eigenvalue weighted by Gasteiger charge is -2.12. The molecule has 0 spiro atoms. The normalized spacial score (nSPS) is 11.3. The Balaban J connectivity index is 3.18. The molecule has 0 amide bonds. The molecule has 0 aliphatic carbocycles. The lowest BCUT2D eigenvalue weighted by atomic mass is 10.2. The van der Waals surface area contributed by atoms with E-state index in [0.29, 0.717) is 0 Å². The summed E-state index contributed by atoms with van der Waals surface area (Å²) in [7, 11) is 0. The molecule has 0 atom stereocenters. The van der Waals surface area contributed by atoms with Crippen LogP contribution in [0, 0.1) is 11.3 Å². The number of hydrogen-bond donors (Lipinski definition) is 0. The van der Waals surface area contributed by atoms with Gasteiger partial charge in [-0.15, -0.1) is 0 Å². The smallest absolute Gasteiger partial charge is 0.433 e. The molecule has 16 heavy (non-hydrogen) atoms. The molecular formula is C10H9F3N2O. The zero-order valence-corrected chi connectivity index (χ0v) is 8.67. The van der Waals surface area contributed by atoms with E-state index in [2.05, 4.69) is 4.98 Å². The fourth-order valence-corrected chi connectivity index (χ4v) is 0.997. The van der Waals surface area contributed by atoms with Crippen LogP contribution < -0.4 is 4.74 Å². The molecule has 1 heterocycles. The summed E-state index contributed by atoms with van der Waals surface area (Å²) in [4.78, 5) is 3.29. The van der Waals surface area contributed by atoms with Crippen LogP contribution in [-0.4, -0.2) is 11.1 Å². The third kappa shape index (κ3) is 2.86. The van der Waals surface area contributed by atoms with E-state index in [0.717, 1.165) is 12.1 Å². The molecule has 0 aromatic carbocycles. The van der Waals surface area contributed by atoms with Gasteiger partial charge in [0, 0.05) is 0 Å². The van der Waals surface area contributed by atoms with Gasteiger partial charge in [0.1, 0.15) is 17.3 Å². The summed E-state index contributed by atoms with van der Waals surface area (Å²) in [6.07, 6.45) is -4.88. The van der Waals surface area contributed by atoms with E-state index in [9.17, 15) is 13.2 Å². The minimum absolute atomic E-state index is 0.0123. The van der Waals surface area contributed by atoms with Crippen LogP contribution in [0.4, 0.5) is 13.2 Å². The van der Waals surface area contributed by atoms with Gasteiger partial charge in [-0.2, -0.15) is 18.4 Å². The summed E-state index contributed by atoms with van der Waals surface area (Å²) >= 11 is 0. The number of nitriles is 1. The second-order valence-electron chi connectivity index (χ2n) is 3.33. The van der Waals surface area contributed by atoms with Gasteiger partial charge in [-0.05, 0) is 26.0 Å². The number of aromatic nitrogens is 1. The van der Waals surface area contributed by atoms with E-state index in [1.54, 1.807) is 19.9 Å². The molecule has 0 fully saturated rings. The van der Waals surface area contributed by atoms with E-state index in [4.69, 9.17) is 10.00 Å². The molecule has 3 nitrogen and oxygen atoms in total. The second-order valence-corrected chi connectivity index (χ2v) is 3.33. The predicted molar refractivity (Wildman–Crippen MR) is 49.7 cm³/mol. The Morgan fingerprint density at radius 2 is 2.00 bits per heavy atom. The first-order valence-corrected chi connectivity index (χ1v) is 4.49. The Morgan fingerprint density at radius 1 is 1.38 bits per heavy atom. The summed E-state index contributed by atoms with van der Waals surface area (Å²) < 4.78 is 42.1. The minimum atomic E-state index is -4.54. The van der Waals surface area contributed by atoms with Crippen molar-refractivity contribution in [1.29, 1.82) is 5.26 Å². The van der Waals surface area contributed by atoms with Crippen LogP contribution in [0.1, 0.15) is 25.1 Å². The quantitative estimate of drug-likeness (QED) is 0.784. The Labute approximate surface area is 90.5 Å². The van der Waals surface area contributed by atoms with E-state index >= 15 is 0 Å². The number of pyridine rings is 1. The third-order valence-corrected chi connectivity index (χ3v) is 1.62. The van der Waals surface area contributed by atoms with Crippen molar-refractivity contribution in [1.82, 2.24) is 4.98 Å². The maximum absolute atomic E-state index is 12.3. The van der Waals surface area contributed by atoms with E-state index < -0.39 is 11.9 Å². The highest BCUT2D eigenvalue weighted by Crippen LogP contribution is 2.30. The van der Waals surface area contributed by atoms with Crippen LogP contribution in [0.2, 0.25) is 0 Å². The fraction of sp³-hybridized carbons (Fsp3) is 0.400. The van der Waals surface area contributed by atoms with E-state index in [1.807, 2.05) is 0 Å². The van der Waals surface area contributed by atoms with Crippen molar-refractivity contribution in [3.63, 3.8) is 0 Å². The van der Waals surface area contributed by atoms with Gasteiger partial charge in [0.2, 0.25) is 5.88 Å². The van der Waals surface area contributed by atoms with Gasteiger partial charge in [-0.25, -0.2) is 4.98 Å². The Kier molecular flexibility index (Phi) is 3.38. The highest BCUT2D eigenvalue weighted by molar-refractivity contribution is 5.39. The number of alkyl halides is 3. The Morgan fingerprint density at radius 3 is 2.44 bits per heavy atom. The molecule has 6 heteroatoms. The molecular weight excluding hydrogens is 221 g/mol. The van der Waals surface area contributed by atoms with Crippen LogP contribution >= 0.6 is 0 Å². The van der Waals surface area contributed by atoms with Crippen molar-refractivity contribution in [3.8, 4) is 11.9 Å². The first-order valence-electron chi connectivity index (χ1n) is 4.49. The number of nitrogens with zero attached hydrogens (tertiary/aromatic N) is 2. The second kappa shape index (κ2) is 4.39. The number of hydrogen-bond acceptors (Lipinski definition) is 3. The molecule has 0 aliphatic heterocycles. The zero-order chi connectivity index (χ0) is 12.3. The van der Waals surface area contributed by atoms with Gasteiger partial charge < -0.3 is 4.74 Å². The fourth-order valence-electron chi connectivity index (χ4n) is 0.997. The van der Waals surface area contributed by atoms with Crippen LogP contribution in [-0.2, 0) is 6.18 Å². The SMILES string of the molecule is CC(C)Oc1nc(C(F)(F)F)ccc1C#N. The van der Waals surface area contributed by atoms with Crippen LogP contribution in [0.5, 0.6) is 5.88 Å². The molecule has 86 valence electrons. The maximum atomic E-state index is 12.3. The minimum Gasteiger partial charge on any atom is -0.474 e. The number of halogens is 3. The maximum Gasteiger partial charge on any atom is 0.433 e. The van der Waals surface area contributed by atoms with E-state index in [1.165, 1.54) is 0 Å². The Bertz CT molecular complexity index is 421. The van der Waals surface area contributed by atoms with Crippen molar-refractivity contribution in [3.05, 3.63) is 23.4 Å². The molecule has 0 N–H and O–H groups in total. The van der Waals surface area contributed by atoms with Crippen LogP contribution in [0.25, 0.3) is 0 Å². The van der Waals surface area contributed by atoms with Crippen molar-refractivity contribution < 1.29 is 17.9 Å². The molecule has 0 saturated carbocycles. The lowest BCUT2D eigenvalue weighted by molar-refractivity contribution is -0.141. The van der Waals surface area contributed by atoms with Gasteiger partial charge in [0.05, 0.1) is 6.10 Å². The zero-order valence-electron chi connectivity index (χ0n) is 8.67. The summed E-state index contributed by atoms with van der Waals surface area (Å²) in [6.45, 7) is 3.28. The van der Waals surface area contributed by atoms with Gasteiger partial charge in [0.25, 0.3) is 0 Å². The standard InChI is InChI=1S/C10H9F3N2O/c1-6(2)16-9-7(5-14)3-4-8(15-9)10(11,12)13/h3-4,6H,1-2H3. The number of rotatable bonds is 2. The van der Waals surface area contributed by atoms with Crippen LogP contribution in [0.3, 0.4) is 0 Å². The first-order chi connectivity index (χ1) is 7.34. The molecule has 0 unspecified atom stereocenters. The van der Waals surface area contributed by atoms with Crippen molar-refractivity contribution in [2.24, 2.45) is 0 Å². The van der Waals surface area contributed by atoms with Gasteiger partial charge in [0.15, 0.2) is 0 Å². The topological polar surface area (TPSA) is 45.9 Å². The summed E-state index contributed by atoms with van der Waals surface area (Å²) in [6, 6.07) is 3.53. The molecule has 0 aliphatic rings. The summed E-state index contributed by atoms with van der Waals surface area (Å²) in [5.74, 6) is -0.285. The van der Waals surface area contributed by atoms with Crippen molar-refractivity contribution in [2.45, 2.75) is 26.1 Å². The average Bonchev–Trinajstić information content (AvgIpc) is 2.15. The molecule has 0 radical (unpaired) electrons.